The second-order valence-electron chi connectivity index (χ2n) is 9.25. The first-order chi connectivity index (χ1) is 16.8. The van der Waals surface area contributed by atoms with Crippen LogP contribution in [-0.2, 0) is 6.18 Å². The minimum Gasteiger partial charge on any atom is -0.470 e. The molecule has 1 aliphatic heterocycles. The van der Waals surface area contributed by atoms with E-state index in [0.29, 0.717) is 18.7 Å². The largest absolute Gasteiger partial charge is 0.470 e. The summed E-state index contributed by atoms with van der Waals surface area (Å²) in [7, 11) is 0. The summed E-state index contributed by atoms with van der Waals surface area (Å²) in [5, 5.41) is 10.0. The number of aryl methyl sites for hydroxylation is 1. The second-order valence-corrected chi connectivity index (χ2v) is 9.25. The van der Waals surface area contributed by atoms with Crippen molar-refractivity contribution < 1.29 is 27.8 Å². The number of piperidine rings is 1. The van der Waals surface area contributed by atoms with Gasteiger partial charge in [0.25, 0.3) is 11.5 Å². The highest BCUT2D eigenvalue weighted by Crippen LogP contribution is 2.35. The Hall–Kier alpha value is -3.54. The lowest BCUT2D eigenvalue weighted by atomic mass is 9.88. The van der Waals surface area contributed by atoms with Crippen molar-refractivity contribution in [3.63, 3.8) is 0 Å². The fourth-order valence-corrected chi connectivity index (χ4v) is 4.44. The maximum absolute atomic E-state index is 13.8. The standard InChI is InChI=1S/C24H26F3N5O4/c1-11-9-32(10-12(2)19(11)33)23(35)15-5-6-18(28-8-15)36-13(3)16-7-17-21(29-14(4)30-22(17)34)31-20(16)24(25,26)27/h5-8,11-13,19,33H,9-10H2,1-4H3,(H,29,30,31,34). The monoisotopic (exact) mass is 505 g/mol. The SMILES string of the molecule is Cc1nc2nc(C(F)(F)F)c(C(C)Oc3ccc(C(=O)N4CC(C)C(O)C(C)C4)cn3)cc2c(=O)[nH]1. The Kier molecular flexibility index (Phi) is 6.74. The summed E-state index contributed by atoms with van der Waals surface area (Å²) in [5.74, 6) is -0.252. The van der Waals surface area contributed by atoms with Crippen molar-refractivity contribution in [2.24, 2.45) is 11.8 Å². The number of H-pyrrole nitrogens is 1. The zero-order valence-electron chi connectivity index (χ0n) is 20.1. The van der Waals surface area contributed by atoms with Gasteiger partial charge in [-0.3, -0.25) is 9.59 Å². The molecule has 9 nitrogen and oxygen atoms in total. The molecule has 4 rings (SSSR count). The molecule has 1 saturated heterocycles. The molecule has 0 spiro atoms. The van der Waals surface area contributed by atoms with Crippen LogP contribution in [0.15, 0.2) is 29.2 Å². The Morgan fingerprint density at radius 3 is 2.47 bits per heavy atom. The molecule has 2 N–H and O–H groups in total. The number of aliphatic hydroxyl groups excluding tert-OH is 1. The lowest BCUT2D eigenvalue weighted by Gasteiger charge is -2.38. The van der Waals surface area contributed by atoms with Gasteiger partial charge in [0.1, 0.15) is 11.9 Å². The summed E-state index contributed by atoms with van der Waals surface area (Å²) in [6, 6.07) is 3.96. The van der Waals surface area contributed by atoms with E-state index in [1.807, 2.05) is 13.8 Å². The summed E-state index contributed by atoms with van der Waals surface area (Å²) in [5.41, 5.74) is -2.18. The van der Waals surface area contributed by atoms with Crippen LogP contribution in [-0.4, -0.2) is 55.0 Å². The van der Waals surface area contributed by atoms with Crippen molar-refractivity contribution in [3.05, 3.63) is 57.4 Å². The van der Waals surface area contributed by atoms with Gasteiger partial charge in [0, 0.05) is 30.9 Å². The van der Waals surface area contributed by atoms with Crippen molar-refractivity contribution in [3.8, 4) is 5.88 Å². The summed E-state index contributed by atoms with van der Waals surface area (Å²) < 4.78 is 46.9. The topological polar surface area (TPSA) is 121 Å². The van der Waals surface area contributed by atoms with E-state index in [-0.39, 0.29) is 46.0 Å². The first kappa shape index (κ1) is 25.5. The van der Waals surface area contributed by atoms with E-state index in [9.17, 15) is 27.9 Å². The van der Waals surface area contributed by atoms with Gasteiger partial charge in [-0.15, -0.1) is 0 Å². The Balaban J connectivity index is 1.57. The molecule has 12 heteroatoms. The normalized spacial score (nSPS) is 21.4. The molecule has 0 aliphatic carbocycles. The maximum atomic E-state index is 13.8. The van der Waals surface area contributed by atoms with Crippen LogP contribution in [0.5, 0.6) is 5.88 Å². The van der Waals surface area contributed by atoms with E-state index in [0.717, 1.165) is 6.07 Å². The van der Waals surface area contributed by atoms with E-state index in [2.05, 4.69) is 19.9 Å². The lowest BCUT2D eigenvalue weighted by molar-refractivity contribution is -0.142. The predicted molar refractivity (Wildman–Crippen MR) is 123 cm³/mol. The molecule has 0 bridgehead atoms. The number of aromatic nitrogens is 4. The maximum Gasteiger partial charge on any atom is 0.433 e. The quantitative estimate of drug-likeness (QED) is 0.558. The van der Waals surface area contributed by atoms with Gasteiger partial charge >= 0.3 is 6.18 Å². The number of nitrogens with zero attached hydrogens (tertiary/aromatic N) is 4. The lowest BCUT2D eigenvalue weighted by Crippen LogP contribution is -2.49. The number of hydrogen-bond acceptors (Lipinski definition) is 7. The van der Waals surface area contributed by atoms with Gasteiger partial charge < -0.3 is 19.7 Å². The molecule has 192 valence electrons. The molecular formula is C24H26F3N5O4. The number of aliphatic hydroxyl groups is 1. The number of rotatable bonds is 4. The van der Waals surface area contributed by atoms with Gasteiger partial charge in [0.15, 0.2) is 11.3 Å². The molecule has 3 atom stereocenters. The molecule has 4 heterocycles. The average molecular weight is 505 g/mol. The Labute approximate surface area is 204 Å². The molecule has 1 fully saturated rings. The number of alkyl halides is 3. The fraction of sp³-hybridized carbons (Fsp3) is 0.458. The van der Waals surface area contributed by atoms with E-state index in [1.165, 1.54) is 32.2 Å². The number of likely N-dealkylation sites (tertiary alicyclic amines) is 1. The number of carbonyl (C=O) groups excluding carboxylic acids is 1. The third-order valence-electron chi connectivity index (χ3n) is 6.30. The first-order valence-electron chi connectivity index (χ1n) is 11.4. The summed E-state index contributed by atoms with van der Waals surface area (Å²) in [4.78, 5) is 40.8. The molecule has 3 unspecified atom stereocenters. The van der Waals surface area contributed by atoms with Gasteiger partial charge in [0.2, 0.25) is 5.88 Å². The Morgan fingerprint density at radius 1 is 1.22 bits per heavy atom. The van der Waals surface area contributed by atoms with E-state index >= 15 is 0 Å². The molecule has 3 aromatic heterocycles. The van der Waals surface area contributed by atoms with Crippen LogP contribution in [0.4, 0.5) is 13.2 Å². The van der Waals surface area contributed by atoms with Gasteiger partial charge in [-0.05, 0) is 37.8 Å². The minimum atomic E-state index is -4.81. The highest BCUT2D eigenvalue weighted by atomic mass is 19.4. The van der Waals surface area contributed by atoms with Crippen molar-refractivity contribution in [1.29, 1.82) is 0 Å². The van der Waals surface area contributed by atoms with E-state index in [1.54, 1.807) is 4.90 Å². The summed E-state index contributed by atoms with van der Waals surface area (Å²) in [6.07, 6.45) is -5.16. The molecule has 36 heavy (non-hydrogen) atoms. The molecular weight excluding hydrogens is 479 g/mol. The number of amides is 1. The third kappa shape index (κ3) is 5.03. The minimum absolute atomic E-state index is 0.000913. The number of pyridine rings is 2. The summed E-state index contributed by atoms with van der Waals surface area (Å²) in [6.45, 7) is 7.39. The number of ether oxygens (including phenoxy) is 1. The number of carbonyl (C=O) groups is 1. The van der Waals surface area contributed by atoms with Gasteiger partial charge in [0.05, 0.1) is 17.1 Å². The number of aromatic amines is 1. The Bertz CT molecular complexity index is 1330. The van der Waals surface area contributed by atoms with Gasteiger partial charge in [-0.1, -0.05) is 13.8 Å². The number of nitrogens with one attached hydrogen (secondary N) is 1. The van der Waals surface area contributed by atoms with Gasteiger partial charge in [-0.2, -0.15) is 13.2 Å². The van der Waals surface area contributed by atoms with E-state index in [4.69, 9.17) is 4.74 Å². The Morgan fingerprint density at radius 2 is 1.89 bits per heavy atom. The van der Waals surface area contributed by atoms with Crippen molar-refractivity contribution in [2.75, 3.05) is 13.1 Å². The molecule has 1 aliphatic rings. The van der Waals surface area contributed by atoms with Crippen LogP contribution >= 0.6 is 0 Å². The van der Waals surface area contributed by atoms with Crippen LogP contribution in [0.3, 0.4) is 0 Å². The van der Waals surface area contributed by atoms with Crippen LogP contribution in [0.25, 0.3) is 11.0 Å². The molecule has 3 aromatic rings. The third-order valence-corrected chi connectivity index (χ3v) is 6.30. The average Bonchev–Trinajstić information content (AvgIpc) is 2.80. The smallest absolute Gasteiger partial charge is 0.433 e. The molecule has 0 saturated carbocycles. The van der Waals surface area contributed by atoms with Crippen LogP contribution in [0.2, 0.25) is 0 Å². The number of hydrogen-bond donors (Lipinski definition) is 2. The van der Waals surface area contributed by atoms with Crippen molar-refractivity contribution >= 4 is 16.9 Å². The second kappa shape index (κ2) is 9.49. The number of halogens is 3. The predicted octanol–water partition coefficient (Wildman–Crippen LogP) is 3.27. The van der Waals surface area contributed by atoms with E-state index < -0.39 is 29.6 Å². The highest BCUT2D eigenvalue weighted by Gasteiger charge is 2.38. The summed E-state index contributed by atoms with van der Waals surface area (Å²) >= 11 is 0. The first-order valence-corrected chi connectivity index (χ1v) is 11.4. The van der Waals surface area contributed by atoms with Gasteiger partial charge in [-0.25, -0.2) is 15.0 Å². The highest BCUT2D eigenvalue weighted by molar-refractivity contribution is 5.94. The zero-order chi connectivity index (χ0) is 26.4. The van der Waals surface area contributed by atoms with Crippen LogP contribution in [0.1, 0.15) is 54.3 Å². The molecule has 0 aromatic carbocycles. The number of fused-ring (bicyclic) bond motifs is 1. The van der Waals surface area contributed by atoms with Crippen molar-refractivity contribution in [1.82, 2.24) is 24.8 Å². The van der Waals surface area contributed by atoms with Crippen LogP contribution < -0.4 is 10.3 Å². The fourth-order valence-electron chi connectivity index (χ4n) is 4.44. The van der Waals surface area contributed by atoms with Crippen LogP contribution in [0, 0.1) is 18.8 Å². The zero-order valence-corrected chi connectivity index (χ0v) is 20.1. The molecule has 1 amide bonds. The van der Waals surface area contributed by atoms with Crippen molar-refractivity contribution in [2.45, 2.75) is 46.1 Å². The molecule has 0 radical (unpaired) electrons.